The van der Waals surface area contributed by atoms with Crippen molar-refractivity contribution in [3.05, 3.63) is 0 Å². The van der Waals surface area contributed by atoms with Crippen molar-refractivity contribution in [2.75, 3.05) is 13.2 Å². The Kier molecular flexibility index (Phi) is 6.46. The third-order valence-electron chi connectivity index (χ3n) is 8.45. The van der Waals surface area contributed by atoms with Gasteiger partial charge in [-0.15, -0.1) is 0 Å². The van der Waals surface area contributed by atoms with Crippen LogP contribution >= 0.6 is 0 Å². The number of amides is 1. The van der Waals surface area contributed by atoms with Gasteiger partial charge in [0.15, 0.2) is 11.9 Å². The van der Waals surface area contributed by atoms with Crippen molar-refractivity contribution in [1.82, 2.24) is 5.32 Å². The number of esters is 1. The summed E-state index contributed by atoms with van der Waals surface area (Å²) in [5.74, 6) is -0.746. The smallest absolute Gasteiger partial charge is 0.308 e. The molecule has 5 aliphatic heterocycles. The molecule has 2 bridgehead atoms. The Hall–Kier alpha value is -1.26. The van der Waals surface area contributed by atoms with Crippen molar-refractivity contribution in [2.24, 2.45) is 23.7 Å². The Morgan fingerprint density at radius 1 is 1.06 bits per heavy atom. The Morgan fingerprint density at radius 3 is 2.70 bits per heavy atom. The van der Waals surface area contributed by atoms with E-state index in [9.17, 15) is 9.59 Å². The average molecular weight is 468 g/mol. The minimum Gasteiger partial charge on any atom is -0.435 e. The van der Waals surface area contributed by atoms with E-state index in [-0.39, 0.29) is 42.6 Å². The fraction of sp³-hybridized carbons (Fsp3) is 0.917. The highest BCUT2D eigenvalue weighted by Gasteiger charge is 2.69. The van der Waals surface area contributed by atoms with E-state index in [0.29, 0.717) is 12.5 Å². The molecule has 6 aliphatic rings. The van der Waals surface area contributed by atoms with Crippen molar-refractivity contribution in [2.45, 2.75) is 102 Å². The zero-order valence-electron chi connectivity index (χ0n) is 19.9. The van der Waals surface area contributed by atoms with Gasteiger partial charge in [-0.05, 0) is 50.9 Å². The first-order valence-electron chi connectivity index (χ1n) is 12.6. The minimum absolute atomic E-state index is 0.00224. The molecule has 0 aromatic carbocycles. The number of hydrogen-bond acceptors (Lipinski definition) is 8. The largest absolute Gasteiger partial charge is 0.435 e. The summed E-state index contributed by atoms with van der Waals surface area (Å²) in [5.41, 5.74) is -0.682. The summed E-state index contributed by atoms with van der Waals surface area (Å²) in [7, 11) is 0. The highest BCUT2D eigenvalue weighted by Crippen LogP contribution is 2.60. The molecule has 33 heavy (non-hydrogen) atoms. The number of fused-ring (bicyclic) bond motifs is 2. The van der Waals surface area contributed by atoms with Gasteiger partial charge in [0.2, 0.25) is 18.0 Å². The molecule has 9 atom stereocenters. The third-order valence-corrected chi connectivity index (χ3v) is 8.45. The summed E-state index contributed by atoms with van der Waals surface area (Å²) >= 11 is 0. The maximum Gasteiger partial charge on any atom is 0.308 e. The molecule has 0 unspecified atom stereocenters. The molecule has 1 N–H and O–H groups in total. The number of carbonyl (C=O) groups is 2. The molecule has 5 saturated heterocycles. The Bertz CT molecular complexity index is 757. The van der Waals surface area contributed by atoms with Gasteiger partial charge < -0.3 is 24.3 Å². The number of rotatable bonds is 6. The molecule has 9 nitrogen and oxygen atoms in total. The van der Waals surface area contributed by atoms with Crippen LogP contribution in [0.4, 0.5) is 0 Å². The molecule has 0 aromatic rings. The van der Waals surface area contributed by atoms with E-state index in [2.05, 4.69) is 12.2 Å². The van der Waals surface area contributed by atoms with Gasteiger partial charge >= 0.3 is 5.97 Å². The van der Waals surface area contributed by atoms with E-state index in [0.717, 1.165) is 45.1 Å². The lowest BCUT2D eigenvalue weighted by Gasteiger charge is -2.59. The van der Waals surface area contributed by atoms with Crippen LogP contribution in [0.1, 0.15) is 72.1 Å². The zero-order chi connectivity index (χ0) is 23.2. The second-order valence-electron chi connectivity index (χ2n) is 10.7. The maximum absolute atomic E-state index is 12.6. The van der Waals surface area contributed by atoms with Gasteiger partial charge in [-0.1, -0.05) is 13.8 Å². The number of carbonyl (C=O) groups excluding carboxylic acids is 2. The molecular weight excluding hydrogens is 430 g/mol. The first-order chi connectivity index (χ1) is 15.8. The SMILES string of the molecule is C[C@H]1[C@H](OC(=O)CCC(=O)NC[C@@H]2CCCO2)O[C@@H]2O[C@]3(C)CC[C@H]4[C@H](C)CC[C@@H]1[C@@]24OO3. The first kappa shape index (κ1) is 23.5. The molecule has 0 aromatic heterocycles. The summed E-state index contributed by atoms with van der Waals surface area (Å²) in [5, 5.41) is 2.84. The van der Waals surface area contributed by atoms with E-state index in [1.54, 1.807) is 0 Å². The molecule has 6 fully saturated rings. The van der Waals surface area contributed by atoms with Gasteiger partial charge in [-0.2, -0.15) is 0 Å². The normalized spacial score (nSPS) is 46.3. The van der Waals surface area contributed by atoms with Gasteiger partial charge in [-0.25, -0.2) is 9.78 Å². The molecular formula is C24H37NO8. The fourth-order valence-electron chi connectivity index (χ4n) is 6.53. The molecule has 5 heterocycles. The highest BCUT2D eigenvalue weighted by molar-refractivity contribution is 5.81. The van der Waals surface area contributed by atoms with Crippen LogP contribution in [0.2, 0.25) is 0 Å². The van der Waals surface area contributed by atoms with Gasteiger partial charge in [0.05, 0.1) is 12.5 Å². The number of hydrogen-bond donors (Lipinski definition) is 1. The summed E-state index contributed by atoms with van der Waals surface area (Å²) < 4.78 is 23.8. The molecule has 1 amide bonds. The lowest BCUT2D eigenvalue weighted by molar-refractivity contribution is -0.576. The summed E-state index contributed by atoms with van der Waals surface area (Å²) in [6.07, 6.45) is 4.44. The van der Waals surface area contributed by atoms with Crippen molar-refractivity contribution < 1.29 is 38.3 Å². The topological polar surface area (TPSA) is 102 Å². The molecule has 1 saturated carbocycles. The number of nitrogens with one attached hydrogen (secondary N) is 1. The van der Waals surface area contributed by atoms with E-state index >= 15 is 0 Å². The van der Waals surface area contributed by atoms with Gasteiger partial charge in [0.1, 0.15) is 0 Å². The first-order valence-corrected chi connectivity index (χ1v) is 12.6. The fourth-order valence-corrected chi connectivity index (χ4v) is 6.53. The monoisotopic (exact) mass is 467 g/mol. The quantitative estimate of drug-likeness (QED) is 0.470. The van der Waals surface area contributed by atoms with Gasteiger partial charge in [0, 0.05) is 37.8 Å². The Balaban J connectivity index is 1.20. The van der Waals surface area contributed by atoms with Crippen LogP contribution in [0.3, 0.4) is 0 Å². The van der Waals surface area contributed by atoms with E-state index in [4.69, 9.17) is 28.7 Å². The van der Waals surface area contributed by atoms with E-state index < -0.39 is 29.9 Å². The lowest BCUT2D eigenvalue weighted by atomic mass is 9.58. The lowest BCUT2D eigenvalue weighted by Crippen LogP contribution is -2.70. The molecule has 1 aliphatic carbocycles. The highest BCUT2D eigenvalue weighted by atomic mass is 17.3. The molecule has 9 heteroatoms. The molecule has 6 rings (SSSR count). The van der Waals surface area contributed by atoms with Crippen molar-refractivity contribution in [3.8, 4) is 0 Å². The second-order valence-corrected chi connectivity index (χ2v) is 10.7. The van der Waals surface area contributed by atoms with Crippen LogP contribution in [0, 0.1) is 23.7 Å². The van der Waals surface area contributed by atoms with Crippen LogP contribution in [-0.4, -0.2) is 55.1 Å². The predicted molar refractivity (Wildman–Crippen MR) is 114 cm³/mol. The van der Waals surface area contributed by atoms with E-state index in [1.165, 1.54) is 0 Å². The Labute approximate surface area is 195 Å². The van der Waals surface area contributed by atoms with Crippen LogP contribution in [0.15, 0.2) is 0 Å². The minimum atomic E-state index is -0.867. The van der Waals surface area contributed by atoms with Crippen LogP contribution < -0.4 is 5.32 Å². The maximum atomic E-state index is 12.6. The number of ether oxygens (including phenoxy) is 4. The second kappa shape index (κ2) is 9.07. The van der Waals surface area contributed by atoms with Crippen molar-refractivity contribution in [1.29, 1.82) is 0 Å². The zero-order valence-corrected chi connectivity index (χ0v) is 19.9. The van der Waals surface area contributed by atoms with Crippen LogP contribution in [-0.2, 0) is 38.3 Å². The standard InChI is InChI=1S/C24H37NO8/c1-14-6-7-18-15(2)21(29-20(27)9-8-19(26)25-13-16-5-4-12-28-16)30-22-24(18)17(14)10-11-23(3,31-22)32-33-24/h14-18,21-22H,4-13H2,1-3H3,(H,25,26)/t14-,15-,16+,17+,18+,21-,22-,23+,24-/m1/s1. The molecule has 1 spiro atoms. The Morgan fingerprint density at radius 2 is 1.91 bits per heavy atom. The van der Waals surface area contributed by atoms with Crippen molar-refractivity contribution >= 4 is 11.9 Å². The summed E-state index contributed by atoms with van der Waals surface area (Å²) in [4.78, 5) is 36.6. The van der Waals surface area contributed by atoms with Gasteiger partial charge in [0.25, 0.3) is 0 Å². The van der Waals surface area contributed by atoms with Gasteiger partial charge in [-0.3, -0.25) is 9.59 Å². The third kappa shape index (κ3) is 4.31. The average Bonchev–Trinajstić information content (AvgIpc) is 3.21. The van der Waals surface area contributed by atoms with Crippen LogP contribution in [0.5, 0.6) is 0 Å². The van der Waals surface area contributed by atoms with E-state index in [1.807, 2.05) is 13.8 Å². The van der Waals surface area contributed by atoms with Crippen molar-refractivity contribution in [3.63, 3.8) is 0 Å². The molecule has 186 valence electrons. The van der Waals surface area contributed by atoms with Crippen LogP contribution in [0.25, 0.3) is 0 Å². The predicted octanol–water partition coefficient (Wildman–Crippen LogP) is 2.81. The summed E-state index contributed by atoms with van der Waals surface area (Å²) in [6.45, 7) is 7.40. The summed E-state index contributed by atoms with van der Waals surface area (Å²) in [6, 6.07) is 0. The molecule has 0 radical (unpaired) electrons.